The Hall–Kier alpha value is -2.86. The molecule has 6 heteroatoms. The highest BCUT2D eigenvalue weighted by Crippen LogP contribution is 2.29. The summed E-state index contributed by atoms with van der Waals surface area (Å²) in [5.74, 6) is 0.850. The summed E-state index contributed by atoms with van der Waals surface area (Å²) >= 11 is 0. The van der Waals surface area contributed by atoms with E-state index in [0.29, 0.717) is 6.04 Å². The zero-order valence-electron chi connectivity index (χ0n) is 16.3. The van der Waals surface area contributed by atoms with E-state index in [1.165, 1.54) is 16.5 Å². The molecule has 1 fully saturated rings. The van der Waals surface area contributed by atoms with Crippen LogP contribution in [0.2, 0.25) is 0 Å². The van der Waals surface area contributed by atoms with Crippen molar-refractivity contribution in [1.82, 2.24) is 19.2 Å². The van der Waals surface area contributed by atoms with Gasteiger partial charge < -0.3 is 15.0 Å². The number of nitrogens with zero attached hydrogens (tertiary/aromatic N) is 4. The Morgan fingerprint density at radius 3 is 2.68 bits per heavy atom. The number of hydrogen-bond donors (Lipinski definition) is 2. The third kappa shape index (κ3) is 2.94. The lowest BCUT2D eigenvalue weighted by molar-refractivity contribution is 0.126. The topological polar surface area (TPSA) is 67.4 Å². The molecule has 0 amide bonds. The molecule has 0 bridgehead atoms. The van der Waals surface area contributed by atoms with Crippen LogP contribution in [0.4, 0.5) is 5.82 Å². The van der Waals surface area contributed by atoms with Gasteiger partial charge in [-0.25, -0.2) is 9.50 Å². The van der Waals surface area contributed by atoms with Crippen molar-refractivity contribution in [2.24, 2.45) is 7.05 Å². The molecule has 0 spiro atoms. The van der Waals surface area contributed by atoms with Gasteiger partial charge in [-0.3, -0.25) is 0 Å². The van der Waals surface area contributed by atoms with Crippen molar-refractivity contribution in [3.8, 4) is 11.4 Å². The molecule has 1 aliphatic carbocycles. The fourth-order valence-electron chi connectivity index (χ4n) is 4.27. The highest BCUT2D eigenvalue weighted by Gasteiger charge is 2.20. The molecule has 1 aliphatic rings. The number of anilines is 1. The minimum absolute atomic E-state index is 0.149. The number of nitrogens with one attached hydrogen (secondary N) is 1. The van der Waals surface area contributed by atoms with Crippen LogP contribution in [-0.4, -0.2) is 36.4 Å². The predicted molar refractivity (Wildman–Crippen MR) is 112 cm³/mol. The molecular weight excluding hydrogens is 350 g/mol. The first-order valence-corrected chi connectivity index (χ1v) is 9.94. The van der Waals surface area contributed by atoms with E-state index in [4.69, 9.17) is 5.10 Å². The number of aryl methyl sites for hydroxylation is 2. The van der Waals surface area contributed by atoms with Crippen LogP contribution in [0.1, 0.15) is 31.2 Å². The number of aromatic nitrogens is 4. The second-order valence-corrected chi connectivity index (χ2v) is 7.93. The summed E-state index contributed by atoms with van der Waals surface area (Å²) in [6, 6.07) is 13.1. The summed E-state index contributed by atoms with van der Waals surface area (Å²) in [4.78, 5) is 4.55. The van der Waals surface area contributed by atoms with Crippen LogP contribution < -0.4 is 5.32 Å². The average molecular weight is 375 g/mol. The first kappa shape index (κ1) is 17.3. The Morgan fingerprint density at radius 1 is 1.04 bits per heavy atom. The number of aliphatic hydroxyl groups excluding tert-OH is 1. The van der Waals surface area contributed by atoms with Gasteiger partial charge in [-0.1, -0.05) is 11.6 Å². The van der Waals surface area contributed by atoms with Crippen molar-refractivity contribution in [2.75, 3.05) is 5.32 Å². The van der Waals surface area contributed by atoms with E-state index in [9.17, 15) is 5.11 Å². The fourth-order valence-corrected chi connectivity index (χ4v) is 4.27. The van der Waals surface area contributed by atoms with Crippen LogP contribution in [-0.2, 0) is 7.05 Å². The van der Waals surface area contributed by atoms with Crippen molar-refractivity contribution in [1.29, 1.82) is 0 Å². The standard InChI is InChI=1S/C22H25N5O/c1-14-3-8-18-15(11-14)12-19(26(18)2)20-13-23-22-10-9-21(25-27(20)22)24-16-4-6-17(28)7-5-16/h3,8-13,16-17,28H,4-7H2,1-2H3,(H,24,25)/t16-,17-. The van der Waals surface area contributed by atoms with Gasteiger partial charge in [-0.15, -0.1) is 5.10 Å². The maximum Gasteiger partial charge on any atom is 0.154 e. The number of rotatable bonds is 3. The highest BCUT2D eigenvalue weighted by molar-refractivity contribution is 5.87. The molecular formula is C22H25N5O. The molecule has 6 nitrogen and oxygen atoms in total. The molecule has 0 unspecified atom stereocenters. The summed E-state index contributed by atoms with van der Waals surface area (Å²) < 4.78 is 4.11. The lowest BCUT2D eigenvalue weighted by Crippen LogP contribution is -2.28. The number of hydrogen-bond acceptors (Lipinski definition) is 4. The van der Waals surface area contributed by atoms with Crippen molar-refractivity contribution >= 4 is 22.4 Å². The predicted octanol–water partition coefficient (Wildman–Crippen LogP) is 3.91. The van der Waals surface area contributed by atoms with Gasteiger partial charge in [0.1, 0.15) is 11.5 Å². The monoisotopic (exact) mass is 375 g/mol. The smallest absolute Gasteiger partial charge is 0.154 e. The minimum Gasteiger partial charge on any atom is -0.393 e. The summed E-state index contributed by atoms with van der Waals surface area (Å²) in [6.45, 7) is 2.12. The molecule has 0 saturated heterocycles. The molecule has 0 radical (unpaired) electrons. The van der Waals surface area contributed by atoms with E-state index in [-0.39, 0.29) is 6.10 Å². The lowest BCUT2D eigenvalue weighted by atomic mass is 9.93. The molecule has 3 aromatic heterocycles. The lowest BCUT2D eigenvalue weighted by Gasteiger charge is -2.26. The number of benzene rings is 1. The summed E-state index contributed by atoms with van der Waals surface area (Å²) in [5.41, 5.74) is 5.37. The second kappa shape index (κ2) is 6.63. The van der Waals surface area contributed by atoms with Gasteiger partial charge in [0, 0.05) is 24.0 Å². The van der Waals surface area contributed by atoms with Gasteiger partial charge in [-0.2, -0.15) is 0 Å². The Bertz CT molecular complexity index is 1150. The van der Waals surface area contributed by atoms with Crippen molar-refractivity contribution < 1.29 is 5.11 Å². The molecule has 4 aromatic rings. The molecule has 3 heterocycles. The summed E-state index contributed by atoms with van der Waals surface area (Å²) in [6.07, 6.45) is 5.39. The first-order valence-electron chi connectivity index (χ1n) is 9.94. The number of fused-ring (bicyclic) bond motifs is 2. The van der Waals surface area contributed by atoms with E-state index in [0.717, 1.165) is 48.5 Å². The number of aliphatic hydroxyl groups is 1. The van der Waals surface area contributed by atoms with E-state index >= 15 is 0 Å². The zero-order chi connectivity index (χ0) is 19.3. The molecule has 1 saturated carbocycles. The van der Waals surface area contributed by atoms with Gasteiger partial charge in [0.15, 0.2) is 5.65 Å². The van der Waals surface area contributed by atoms with Gasteiger partial charge in [-0.05, 0) is 62.9 Å². The Kier molecular flexibility index (Phi) is 4.09. The normalized spacial score (nSPS) is 20.1. The van der Waals surface area contributed by atoms with Crippen LogP contribution in [0.3, 0.4) is 0 Å². The van der Waals surface area contributed by atoms with Crippen LogP contribution >= 0.6 is 0 Å². The quantitative estimate of drug-likeness (QED) is 0.570. The van der Waals surface area contributed by atoms with E-state index < -0.39 is 0 Å². The SMILES string of the molecule is Cc1ccc2c(c1)cc(-c1cnc3ccc(N[C@H]4CC[C@H](O)CC4)nn13)n2C. The Morgan fingerprint density at radius 2 is 1.86 bits per heavy atom. The second-order valence-electron chi connectivity index (χ2n) is 7.93. The van der Waals surface area contributed by atoms with Crippen molar-refractivity contribution in [3.05, 3.63) is 48.2 Å². The fraction of sp³-hybridized carbons (Fsp3) is 0.364. The van der Waals surface area contributed by atoms with Crippen LogP contribution in [0.5, 0.6) is 0 Å². The van der Waals surface area contributed by atoms with E-state index in [1.54, 1.807) is 0 Å². The maximum atomic E-state index is 9.71. The van der Waals surface area contributed by atoms with Crippen LogP contribution in [0.15, 0.2) is 42.6 Å². The summed E-state index contributed by atoms with van der Waals surface area (Å²) in [5, 5.41) is 19.3. The van der Waals surface area contributed by atoms with Crippen molar-refractivity contribution in [2.45, 2.75) is 44.8 Å². The molecule has 2 N–H and O–H groups in total. The van der Waals surface area contributed by atoms with Crippen LogP contribution in [0, 0.1) is 6.92 Å². The molecule has 1 aromatic carbocycles. The molecule has 28 heavy (non-hydrogen) atoms. The van der Waals surface area contributed by atoms with Crippen molar-refractivity contribution in [3.63, 3.8) is 0 Å². The summed E-state index contributed by atoms with van der Waals surface area (Å²) in [7, 11) is 2.09. The van der Waals surface area contributed by atoms with Gasteiger partial charge >= 0.3 is 0 Å². The third-order valence-electron chi connectivity index (χ3n) is 5.87. The minimum atomic E-state index is -0.149. The third-order valence-corrected chi connectivity index (χ3v) is 5.87. The molecule has 0 aliphatic heterocycles. The Balaban J connectivity index is 1.53. The molecule has 5 rings (SSSR count). The van der Waals surface area contributed by atoms with E-state index in [1.807, 2.05) is 22.8 Å². The average Bonchev–Trinajstić information content (AvgIpc) is 3.24. The number of imidazole rings is 1. The van der Waals surface area contributed by atoms with Gasteiger partial charge in [0.05, 0.1) is 18.0 Å². The Labute approximate surface area is 163 Å². The maximum absolute atomic E-state index is 9.71. The van der Waals surface area contributed by atoms with Gasteiger partial charge in [0.2, 0.25) is 0 Å². The van der Waals surface area contributed by atoms with Crippen LogP contribution in [0.25, 0.3) is 27.9 Å². The zero-order valence-corrected chi connectivity index (χ0v) is 16.3. The highest BCUT2D eigenvalue weighted by atomic mass is 16.3. The first-order chi connectivity index (χ1) is 13.6. The molecule has 0 atom stereocenters. The van der Waals surface area contributed by atoms with Gasteiger partial charge in [0.25, 0.3) is 0 Å². The largest absolute Gasteiger partial charge is 0.393 e. The van der Waals surface area contributed by atoms with E-state index in [2.05, 4.69) is 53.1 Å². The molecule has 144 valence electrons.